The van der Waals surface area contributed by atoms with Gasteiger partial charge in [0.15, 0.2) is 11.2 Å². The average molecular weight is 452 g/mol. The Morgan fingerprint density at radius 3 is 2.19 bits per heavy atom. The number of fused-ring (bicyclic) bond motifs is 1. The molecule has 5 nitrogen and oxygen atoms in total. The molecule has 4 rings (SSSR count). The normalized spacial score (nSPS) is 12.5. The second-order valence-electron chi connectivity index (χ2n) is 7.10. The van der Waals surface area contributed by atoms with E-state index in [1.165, 1.54) is 16.7 Å². The van der Waals surface area contributed by atoms with Gasteiger partial charge < -0.3 is 0 Å². The molecule has 0 aliphatic heterocycles. The minimum atomic E-state index is -4.64. The van der Waals surface area contributed by atoms with Gasteiger partial charge in [0.05, 0.1) is 5.56 Å². The molecular weight excluding hydrogens is 438 g/mol. The lowest BCUT2D eigenvalue weighted by molar-refractivity contribution is -0.141. The summed E-state index contributed by atoms with van der Waals surface area (Å²) in [7, 11) is 0. The Labute approximate surface area is 176 Å². The zero-order chi connectivity index (χ0) is 23.3. The Morgan fingerprint density at radius 2 is 1.59 bits per heavy atom. The van der Waals surface area contributed by atoms with E-state index in [0.29, 0.717) is 10.1 Å². The summed E-state index contributed by atoms with van der Waals surface area (Å²) in [6.07, 6.45) is -8.44. The van der Waals surface area contributed by atoms with Gasteiger partial charge >= 0.3 is 12.4 Å². The molecule has 0 saturated carbocycles. The Bertz CT molecular complexity index is 1350. The molecule has 166 valence electrons. The van der Waals surface area contributed by atoms with Crippen molar-refractivity contribution >= 4 is 11.2 Å². The SMILES string of the molecule is Cc1ccccc1-c1nc2c(=O)n(CC(F)(F)F)cnc2n1-c1ccc(C(F)(F)F)cc1. The predicted octanol–water partition coefficient (Wildman–Crippen LogP) is 5.14. The number of hydrogen-bond acceptors (Lipinski definition) is 3. The van der Waals surface area contributed by atoms with E-state index < -0.39 is 30.0 Å². The van der Waals surface area contributed by atoms with Crippen LogP contribution in [0.4, 0.5) is 26.3 Å². The Morgan fingerprint density at radius 1 is 0.938 bits per heavy atom. The van der Waals surface area contributed by atoms with Crippen molar-refractivity contribution in [2.24, 2.45) is 0 Å². The van der Waals surface area contributed by atoms with Crippen molar-refractivity contribution in [3.05, 3.63) is 76.3 Å². The van der Waals surface area contributed by atoms with Gasteiger partial charge in [0.1, 0.15) is 18.7 Å². The van der Waals surface area contributed by atoms with Gasteiger partial charge in [-0.15, -0.1) is 0 Å². The largest absolute Gasteiger partial charge is 0.416 e. The van der Waals surface area contributed by atoms with E-state index in [0.717, 1.165) is 24.0 Å². The highest BCUT2D eigenvalue weighted by Crippen LogP contribution is 2.32. The number of imidazole rings is 1. The van der Waals surface area contributed by atoms with Crippen molar-refractivity contribution in [3.8, 4) is 17.1 Å². The average Bonchev–Trinajstić information content (AvgIpc) is 3.09. The molecule has 0 atom stereocenters. The molecular formula is C21H14F6N4O. The minimum Gasteiger partial charge on any atom is -0.288 e. The van der Waals surface area contributed by atoms with Crippen molar-refractivity contribution < 1.29 is 26.3 Å². The van der Waals surface area contributed by atoms with Gasteiger partial charge in [-0.25, -0.2) is 9.97 Å². The second-order valence-corrected chi connectivity index (χ2v) is 7.10. The summed E-state index contributed by atoms with van der Waals surface area (Å²) >= 11 is 0. The topological polar surface area (TPSA) is 52.7 Å². The highest BCUT2D eigenvalue weighted by molar-refractivity contribution is 5.80. The van der Waals surface area contributed by atoms with Gasteiger partial charge in [0.25, 0.3) is 5.56 Å². The quantitative estimate of drug-likeness (QED) is 0.405. The van der Waals surface area contributed by atoms with Crippen LogP contribution in [0, 0.1) is 6.92 Å². The van der Waals surface area contributed by atoms with E-state index in [2.05, 4.69) is 9.97 Å². The summed E-state index contributed by atoms with van der Waals surface area (Å²) in [4.78, 5) is 21.0. The summed E-state index contributed by atoms with van der Waals surface area (Å²) in [5, 5.41) is 0. The Hall–Kier alpha value is -3.63. The molecule has 0 saturated heterocycles. The number of aryl methyl sites for hydroxylation is 1. The maximum absolute atomic E-state index is 13.0. The van der Waals surface area contributed by atoms with Crippen molar-refractivity contribution in [1.82, 2.24) is 19.1 Å². The van der Waals surface area contributed by atoms with Crippen LogP contribution in [0.3, 0.4) is 0 Å². The van der Waals surface area contributed by atoms with E-state index in [-0.39, 0.29) is 22.7 Å². The molecule has 32 heavy (non-hydrogen) atoms. The van der Waals surface area contributed by atoms with Crippen LogP contribution in [0.25, 0.3) is 28.2 Å². The van der Waals surface area contributed by atoms with Gasteiger partial charge in [-0.3, -0.25) is 13.9 Å². The fourth-order valence-electron chi connectivity index (χ4n) is 3.34. The first-order valence-corrected chi connectivity index (χ1v) is 9.24. The van der Waals surface area contributed by atoms with Gasteiger partial charge in [0, 0.05) is 11.3 Å². The molecule has 0 N–H and O–H groups in total. The maximum Gasteiger partial charge on any atom is 0.416 e. The standard InChI is InChI=1S/C21H14F6N4O/c1-12-4-2-3-5-15(12)17-29-16-18(28-11-30(19(16)32)10-20(22,23)24)31(17)14-8-6-13(7-9-14)21(25,26)27/h2-9,11H,10H2,1H3. The lowest BCUT2D eigenvalue weighted by Crippen LogP contribution is -2.28. The van der Waals surface area contributed by atoms with Crippen LogP contribution < -0.4 is 5.56 Å². The molecule has 0 bridgehead atoms. The molecule has 2 aromatic heterocycles. The van der Waals surface area contributed by atoms with Gasteiger partial charge in [-0.2, -0.15) is 26.3 Å². The lowest BCUT2D eigenvalue weighted by Gasteiger charge is -2.12. The summed E-state index contributed by atoms with van der Waals surface area (Å²) in [6, 6.07) is 11.0. The third kappa shape index (κ3) is 3.97. The first kappa shape index (κ1) is 21.6. The van der Waals surface area contributed by atoms with Crippen LogP contribution in [-0.4, -0.2) is 25.3 Å². The lowest BCUT2D eigenvalue weighted by atomic mass is 10.1. The molecule has 2 aromatic carbocycles. The highest BCUT2D eigenvalue weighted by atomic mass is 19.4. The Kier molecular flexibility index (Phi) is 5.06. The highest BCUT2D eigenvalue weighted by Gasteiger charge is 2.31. The number of nitrogens with zero attached hydrogens (tertiary/aromatic N) is 4. The van der Waals surface area contributed by atoms with Crippen molar-refractivity contribution in [2.75, 3.05) is 0 Å². The number of hydrogen-bond donors (Lipinski definition) is 0. The zero-order valence-corrected chi connectivity index (χ0v) is 16.4. The van der Waals surface area contributed by atoms with Crippen molar-refractivity contribution in [1.29, 1.82) is 0 Å². The predicted molar refractivity (Wildman–Crippen MR) is 104 cm³/mol. The van der Waals surface area contributed by atoms with E-state index in [1.807, 2.05) is 0 Å². The van der Waals surface area contributed by atoms with E-state index in [1.54, 1.807) is 31.2 Å². The zero-order valence-electron chi connectivity index (χ0n) is 16.4. The minimum absolute atomic E-state index is 0.0635. The molecule has 0 amide bonds. The first-order chi connectivity index (χ1) is 15.0. The molecule has 0 spiro atoms. The van der Waals surface area contributed by atoms with Crippen LogP contribution in [0.5, 0.6) is 0 Å². The van der Waals surface area contributed by atoms with Gasteiger partial charge in [-0.05, 0) is 36.8 Å². The molecule has 0 aliphatic carbocycles. The molecule has 2 heterocycles. The van der Waals surface area contributed by atoms with E-state index in [9.17, 15) is 31.1 Å². The summed E-state index contributed by atoms with van der Waals surface area (Å²) < 4.78 is 79.1. The number of aromatic nitrogens is 4. The second kappa shape index (κ2) is 7.50. The first-order valence-electron chi connectivity index (χ1n) is 9.24. The van der Waals surface area contributed by atoms with Crippen LogP contribution >= 0.6 is 0 Å². The van der Waals surface area contributed by atoms with Gasteiger partial charge in [-0.1, -0.05) is 24.3 Å². The van der Waals surface area contributed by atoms with Crippen LogP contribution in [0.1, 0.15) is 11.1 Å². The smallest absolute Gasteiger partial charge is 0.288 e. The number of benzene rings is 2. The molecule has 0 aliphatic rings. The van der Waals surface area contributed by atoms with Crippen LogP contribution in [0.15, 0.2) is 59.7 Å². The third-order valence-corrected chi connectivity index (χ3v) is 4.82. The number of alkyl halides is 6. The summed E-state index contributed by atoms with van der Waals surface area (Å²) in [5.74, 6) is 0.173. The fourth-order valence-corrected chi connectivity index (χ4v) is 3.34. The van der Waals surface area contributed by atoms with Crippen LogP contribution in [-0.2, 0) is 12.7 Å². The van der Waals surface area contributed by atoms with E-state index in [4.69, 9.17) is 0 Å². The number of halogens is 6. The summed E-state index contributed by atoms with van der Waals surface area (Å²) in [6.45, 7) is 0.225. The monoisotopic (exact) mass is 452 g/mol. The molecule has 11 heteroatoms. The fraction of sp³-hybridized carbons (Fsp3) is 0.190. The number of rotatable bonds is 3. The molecule has 0 unspecified atom stereocenters. The maximum atomic E-state index is 13.0. The van der Waals surface area contributed by atoms with Gasteiger partial charge in [0.2, 0.25) is 0 Å². The van der Waals surface area contributed by atoms with Crippen molar-refractivity contribution in [3.63, 3.8) is 0 Å². The van der Waals surface area contributed by atoms with E-state index >= 15 is 0 Å². The molecule has 0 fully saturated rings. The molecule has 4 aromatic rings. The van der Waals surface area contributed by atoms with Crippen LogP contribution in [0.2, 0.25) is 0 Å². The molecule has 0 radical (unpaired) electrons. The van der Waals surface area contributed by atoms with Crippen molar-refractivity contribution in [2.45, 2.75) is 25.8 Å². The Balaban J connectivity index is 1.99. The summed E-state index contributed by atoms with van der Waals surface area (Å²) in [5.41, 5.74) is -0.754. The third-order valence-electron chi connectivity index (χ3n) is 4.82.